The Morgan fingerprint density at radius 3 is 2.02 bits per heavy atom. The van der Waals surface area contributed by atoms with Gasteiger partial charge in [0.1, 0.15) is 24.1 Å². The Bertz CT molecular complexity index is 1600. The van der Waals surface area contributed by atoms with Crippen molar-refractivity contribution in [3.63, 3.8) is 0 Å². The van der Waals surface area contributed by atoms with Crippen LogP contribution in [-0.2, 0) is 20.9 Å². The van der Waals surface area contributed by atoms with E-state index in [1.54, 1.807) is 99.1 Å². The molecule has 4 aromatic carbocycles. The lowest BCUT2D eigenvalue weighted by molar-refractivity contribution is -0.139. The summed E-state index contributed by atoms with van der Waals surface area (Å²) in [5.41, 5.74) is 2.45. The molecule has 0 saturated carbocycles. The molecule has 0 aromatic heterocycles. The second-order valence-electron chi connectivity index (χ2n) is 9.64. The molecule has 1 heterocycles. The summed E-state index contributed by atoms with van der Waals surface area (Å²) in [6.07, 6.45) is 0. The van der Waals surface area contributed by atoms with Gasteiger partial charge in [-0.1, -0.05) is 54.6 Å². The van der Waals surface area contributed by atoms with Crippen molar-refractivity contribution < 1.29 is 28.7 Å². The van der Waals surface area contributed by atoms with Crippen molar-refractivity contribution >= 4 is 34.9 Å². The Morgan fingerprint density at radius 1 is 0.786 bits per heavy atom. The van der Waals surface area contributed by atoms with Crippen molar-refractivity contribution in [2.24, 2.45) is 0 Å². The number of nitrogens with one attached hydrogen (secondary N) is 1. The van der Waals surface area contributed by atoms with E-state index in [0.717, 1.165) is 5.56 Å². The summed E-state index contributed by atoms with van der Waals surface area (Å²) in [5.74, 6) is -1.13. The number of ether oxygens (including phenoxy) is 2. The number of carbonyl (C=O) groups is 4. The van der Waals surface area contributed by atoms with Crippen LogP contribution in [0.25, 0.3) is 0 Å². The Kier molecular flexibility index (Phi) is 8.29. The highest BCUT2D eigenvalue weighted by Gasteiger charge is 2.39. The molecule has 9 heteroatoms. The molecule has 0 unspecified atom stereocenters. The van der Waals surface area contributed by atoms with E-state index < -0.39 is 36.1 Å². The standard InChI is InChI=1S/C33H29N3O6/c1-41-25-16-12-22(13-17-25)20-36(29(37)21-35-28-11-7-6-10-27(28)31(38)33(35)40)30(23-8-4-3-5-9-23)32(39)34-24-14-18-26(42-2)19-15-24/h3-19,30H,20-21H2,1-2H3,(H,34,39)/t30-/m0/s1. The number of benzene rings is 4. The number of amides is 3. The SMILES string of the molecule is COc1ccc(CN(C(=O)CN2C(=O)C(=O)c3ccccc32)[C@H](C(=O)Nc2ccc(OC)cc2)c2ccccc2)cc1. The average molecular weight is 564 g/mol. The maximum atomic E-state index is 14.1. The number of hydrogen-bond donors (Lipinski definition) is 1. The molecule has 4 aromatic rings. The molecule has 1 aliphatic heterocycles. The maximum Gasteiger partial charge on any atom is 0.299 e. The molecule has 1 aliphatic rings. The topological polar surface area (TPSA) is 105 Å². The lowest BCUT2D eigenvalue weighted by atomic mass is 10.0. The summed E-state index contributed by atoms with van der Waals surface area (Å²) < 4.78 is 10.5. The van der Waals surface area contributed by atoms with E-state index >= 15 is 0 Å². The third kappa shape index (κ3) is 5.85. The van der Waals surface area contributed by atoms with Gasteiger partial charge in [0.05, 0.1) is 25.5 Å². The average Bonchev–Trinajstić information content (AvgIpc) is 3.26. The highest BCUT2D eigenvalue weighted by Crippen LogP contribution is 2.31. The van der Waals surface area contributed by atoms with E-state index in [1.807, 2.05) is 18.2 Å². The van der Waals surface area contributed by atoms with E-state index in [-0.39, 0.29) is 12.1 Å². The highest BCUT2D eigenvalue weighted by atomic mass is 16.5. The van der Waals surface area contributed by atoms with Gasteiger partial charge >= 0.3 is 0 Å². The summed E-state index contributed by atoms with van der Waals surface area (Å²) in [7, 11) is 3.12. The minimum Gasteiger partial charge on any atom is -0.497 e. The molecular weight excluding hydrogens is 534 g/mol. The Balaban J connectivity index is 1.52. The van der Waals surface area contributed by atoms with Crippen LogP contribution in [0.3, 0.4) is 0 Å². The van der Waals surface area contributed by atoms with Crippen LogP contribution in [0.15, 0.2) is 103 Å². The van der Waals surface area contributed by atoms with Crippen LogP contribution in [0.4, 0.5) is 11.4 Å². The first-order valence-corrected chi connectivity index (χ1v) is 13.3. The summed E-state index contributed by atoms with van der Waals surface area (Å²) in [5, 5.41) is 2.91. The van der Waals surface area contributed by atoms with Gasteiger partial charge in [-0.25, -0.2) is 0 Å². The monoisotopic (exact) mass is 563 g/mol. The van der Waals surface area contributed by atoms with Gasteiger partial charge in [0.2, 0.25) is 5.91 Å². The van der Waals surface area contributed by atoms with Gasteiger partial charge in [-0.05, 0) is 59.7 Å². The molecule has 0 fully saturated rings. The molecular formula is C33H29N3O6. The van der Waals surface area contributed by atoms with Gasteiger partial charge in [-0.15, -0.1) is 0 Å². The molecule has 1 atom stereocenters. The van der Waals surface area contributed by atoms with E-state index in [9.17, 15) is 19.2 Å². The minimum atomic E-state index is -1.06. The third-order valence-electron chi connectivity index (χ3n) is 7.04. The molecule has 0 bridgehead atoms. The Labute approximate surface area is 243 Å². The fourth-order valence-electron chi connectivity index (χ4n) is 4.88. The van der Waals surface area contributed by atoms with Crippen molar-refractivity contribution in [1.82, 2.24) is 4.90 Å². The zero-order valence-electron chi connectivity index (χ0n) is 23.2. The smallest absolute Gasteiger partial charge is 0.299 e. The molecule has 0 aliphatic carbocycles. The van der Waals surface area contributed by atoms with Crippen LogP contribution in [0.2, 0.25) is 0 Å². The number of nitrogens with zero attached hydrogens (tertiary/aromatic N) is 2. The lowest BCUT2D eigenvalue weighted by Crippen LogP contribution is -2.46. The molecule has 5 rings (SSSR count). The Hall–Kier alpha value is -5.44. The number of Topliss-reactive ketones (excluding diaryl/α,β-unsaturated/α-hetero) is 1. The largest absolute Gasteiger partial charge is 0.497 e. The van der Waals surface area contributed by atoms with Crippen molar-refractivity contribution in [2.75, 3.05) is 31.0 Å². The number of anilines is 2. The second-order valence-corrected chi connectivity index (χ2v) is 9.64. The molecule has 9 nitrogen and oxygen atoms in total. The second kappa shape index (κ2) is 12.4. The zero-order chi connectivity index (χ0) is 29.6. The number of methoxy groups -OCH3 is 2. The number of ketones is 1. The maximum absolute atomic E-state index is 14.1. The van der Waals surface area contributed by atoms with E-state index in [0.29, 0.717) is 28.4 Å². The van der Waals surface area contributed by atoms with Crippen molar-refractivity contribution in [1.29, 1.82) is 0 Å². The predicted molar refractivity (Wildman–Crippen MR) is 157 cm³/mol. The normalized spacial score (nSPS) is 12.9. The highest BCUT2D eigenvalue weighted by molar-refractivity contribution is 6.52. The number of rotatable bonds is 10. The molecule has 0 spiro atoms. The first-order chi connectivity index (χ1) is 20.4. The van der Waals surface area contributed by atoms with E-state index in [2.05, 4.69) is 5.32 Å². The number of fused-ring (bicyclic) bond motifs is 1. The van der Waals surface area contributed by atoms with Crippen LogP contribution >= 0.6 is 0 Å². The van der Waals surface area contributed by atoms with Crippen LogP contribution in [0.1, 0.15) is 27.5 Å². The Morgan fingerprint density at radius 2 is 1.38 bits per heavy atom. The van der Waals surface area contributed by atoms with Gasteiger partial charge < -0.3 is 19.7 Å². The van der Waals surface area contributed by atoms with Gasteiger partial charge in [-0.3, -0.25) is 24.1 Å². The number of hydrogen-bond acceptors (Lipinski definition) is 6. The van der Waals surface area contributed by atoms with E-state index in [4.69, 9.17) is 9.47 Å². The summed E-state index contributed by atoms with van der Waals surface area (Å²) >= 11 is 0. The summed E-state index contributed by atoms with van der Waals surface area (Å²) in [4.78, 5) is 56.2. The first kappa shape index (κ1) is 28.1. The molecule has 0 radical (unpaired) electrons. The first-order valence-electron chi connectivity index (χ1n) is 13.3. The van der Waals surface area contributed by atoms with Gasteiger partial charge in [0.15, 0.2) is 0 Å². The molecule has 3 amide bonds. The van der Waals surface area contributed by atoms with Crippen LogP contribution < -0.4 is 19.7 Å². The molecule has 42 heavy (non-hydrogen) atoms. The number of carbonyl (C=O) groups excluding carboxylic acids is 4. The lowest BCUT2D eigenvalue weighted by Gasteiger charge is -2.33. The summed E-state index contributed by atoms with van der Waals surface area (Å²) in [6, 6.07) is 28.5. The van der Waals surface area contributed by atoms with Crippen LogP contribution in [-0.4, -0.2) is 49.2 Å². The van der Waals surface area contributed by atoms with Crippen molar-refractivity contribution in [2.45, 2.75) is 12.6 Å². The predicted octanol–water partition coefficient (Wildman–Crippen LogP) is 4.64. The van der Waals surface area contributed by atoms with Gasteiger partial charge in [0, 0.05) is 12.2 Å². The molecule has 0 saturated heterocycles. The van der Waals surface area contributed by atoms with Crippen LogP contribution in [0, 0.1) is 0 Å². The zero-order valence-corrected chi connectivity index (χ0v) is 23.2. The minimum absolute atomic E-state index is 0.0516. The summed E-state index contributed by atoms with van der Waals surface area (Å²) in [6.45, 7) is -0.368. The van der Waals surface area contributed by atoms with Gasteiger partial charge in [0.25, 0.3) is 17.6 Å². The quantitative estimate of drug-likeness (QED) is 0.282. The van der Waals surface area contributed by atoms with E-state index in [1.165, 1.54) is 9.80 Å². The fourth-order valence-corrected chi connectivity index (χ4v) is 4.88. The number of para-hydroxylation sites is 1. The molecule has 212 valence electrons. The van der Waals surface area contributed by atoms with Crippen molar-refractivity contribution in [3.05, 3.63) is 120 Å². The molecule has 1 N–H and O–H groups in total. The third-order valence-corrected chi connectivity index (χ3v) is 7.04. The fraction of sp³-hybridized carbons (Fsp3) is 0.152. The van der Waals surface area contributed by atoms with Crippen molar-refractivity contribution in [3.8, 4) is 11.5 Å². The van der Waals surface area contributed by atoms with Gasteiger partial charge in [-0.2, -0.15) is 0 Å². The van der Waals surface area contributed by atoms with Crippen LogP contribution in [0.5, 0.6) is 11.5 Å².